The first-order chi connectivity index (χ1) is 13.6. The Morgan fingerprint density at radius 1 is 1.25 bits per heavy atom. The standard InChI is InChI=1S/C22H19FN2O3/c1-27-17-6-4-5-14(10-17)22(26)25-13-18-11-15-9-16(23)12-19(21(15)28-18)20-7-2-3-8-24-20/h2-10,12,18H,11,13H2,1H3,(H,25,26). The molecule has 0 saturated heterocycles. The van der Waals surface area contributed by atoms with Gasteiger partial charge in [-0.25, -0.2) is 4.39 Å². The second-order valence-corrected chi connectivity index (χ2v) is 6.54. The van der Waals surface area contributed by atoms with E-state index in [1.807, 2.05) is 12.1 Å². The molecule has 0 fully saturated rings. The van der Waals surface area contributed by atoms with Gasteiger partial charge < -0.3 is 14.8 Å². The fourth-order valence-corrected chi connectivity index (χ4v) is 3.29. The summed E-state index contributed by atoms with van der Waals surface area (Å²) >= 11 is 0. The van der Waals surface area contributed by atoms with Gasteiger partial charge in [-0.3, -0.25) is 9.78 Å². The number of amides is 1. The van der Waals surface area contributed by atoms with Gasteiger partial charge in [0.25, 0.3) is 5.91 Å². The summed E-state index contributed by atoms with van der Waals surface area (Å²) in [6.07, 6.45) is 1.91. The maximum absolute atomic E-state index is 14.1. The number of nitrogens with one attached hydrogen (secondary N) is 1. The van der Waals surface area contributed by atoms with Crippen LogP contribution < -0.4 is 14.8 Å². The average Bonchev–Trinajstić information content (AvgIpc) is 3.14. The first-order valence-electron chi connectivity index (χ1n) is 8.97. The molecule has 0 aliphatic carbocycles. The van der Waals surface area contributed by atoms with Crippen molar-refractivity contribution in [2.45, 2.75) is 12.5 Å². The van der Waals surface area contributed by atoms with Crippen LogP contribution in [0.2, 0.25) is 0 Å². The largest absolute Gasteiger partial charge is 0.497 e. The Kier molecular flexibility index (Phi) is 4.93. The summed E-state index contributed by atoms with van der Waals surface area (Å²) in [6, 6.07) is 15.3. The zero-order valence-electron chi connectivity index (χ0n) is 15.3. The zero-order chi connectivity index (χ0) is 19.5. The first-order valence-corrected chi connectivity index (χ1v) is 8.97. The Bertz CT molecular complexity index is 1010. The molecule has 1 unspecified atom stereocenters. The van der Waals surface area contributed by atoms with E-state index in [4.69, 9.17) is 9.47 Å². The summed E-state index contributed by atoms with van der Waals surface area (Å²) in [5.41, 5.74) is 2.56. The van der Waals surface area contributed by atoms with Crippen molar-refractivity contribution in [1.29, 1.82) is 0 Å². The number of fused-ring (bicyclic) bond motifs is 1. The van der Waals surface area contributed by atoms with Gasteiger partial charge in [0, 0.05) is 29.3 Å². The van der Waals surface area contributed by atoms with E-state index in [0.717, 1.165) is 5.56 Å². The molecule has 0 radical (unpaired) electrons. The van der Waals surface area contributed by atoms with E-state index in [1.165, 1.54) is 12.1 Å². The maximum Gasteiger partial charge on any atom is 0.251 e. The predicted octanol–water partition coefficient (Wildman–Crippen LogP) is 3.63. The lowest BCUT2D eigenvalue weighted by Gasteiger charge is -2.13. The van der Waals surface area contributed by atoms with E-state index in [2.05, 4.69) is 10.3 Å². The molecule has 142 valence electrons. The highest BCUT2D eigenvalue weighted by atomic mass is 19.1. The summed E-state index contributed by atoms with van der Waals surface area (Å²) in [7, 11) is 1.55. The van der Waals surface area contributed by atoms with Crippen molar-refractivity contribution in [3.05, 3.63) is 77.7 Å². The van der Waals surface area contributed by atoms with Crippen molar-refractivity contribution in [2.24, 2.45) is 0 Å². The number of carbonyl (C=O) groups excluding carboxylic acids is 1. The molecule has 4 rings (SSSR count). The molecule has 0 bridgehead atoms. The van der Waals surface area contributed by atoms with Crippen LogP contribution in [-0.4, -0.2) is 30.6 Å². The molecule has 28 heavy (non-hydrogen) atoms. The van der Waals surface area contributed by atoms with Crippen molar-refractivity contribution >= 4 is 5.91 Å². The van der Waals surface area contributed by atoms with Crippen molar-refractivity contribution in [3.8, 4) is 22.8 Å². The molecule has 2 heterocycles. The minimum Gasteiger partial charge on any atom is -0.497 e. The van der Waals surface area contributed by atoms with Gasteiger partial charge in [-0.15, -0.1) is 0 Å². The third-order valence-corrected chi connectivity index (χ3v) is 4.63. The maximum atomic E-state index is 14.1. The normalized spacial score (nSPS) is 14.9. The Balaban J connectivity index is 1.47. The second-order valence-electron chi connectivity index (χ2n) is 6.54. The van der Waals surface area contributed by atoms with Gasteiger partial charge in [0.15, 0.2) is 0 Å². The summed E-state index contributed by atoms with van der Waals surface area (Å²) in [4.78, 5) is 16.7. The quantitative estimate of drug-likeness (QED) is 0.737. The molecule has 1 amide bonds. The number of hydrogen-bond acceptors (Lipinski definition) is 4. The van der Waals surface area contributed by atoms with E-state index < -0.39 is 0 Å². The van der Waals surface area contributed by atoms with Crippen LogP contribution in [0.3, 0.4) is 0 Å². The molecular formula is C22H19FN2O3. The molecular weight excluding hydrogens is 359 g/mol. The number of rotatable bonds is 5. The van der Waals surface area contributed by atoms with Crippen LogP contribution in [0.5, 0.6) is 11.5 Å². The smallest absolute Gasteiger partial charge is 0.251 e. The number of pyridine rings is 1. The van der Waals surface area contributed by atoms with E-state index >= 15 is 0 Å². The summed E-state index contributed by atoms with van der Waals surface area (Å²) in [5, 5.41) is 2.87. The van der Waals surface area contributed by atoms with Gasteiger partial charge in [0.05, 0.1) is 19.3 Å². The van der Waals surface area contributed by atoms with Crippen LogP contribution in [0.1, 0.15) is 15.9 Å². The number of ether oxygens (including phenoxy) is 2. The van der Waals surface area contributed by atoms with Crippen LogP contribution in [0.15, 0.2) is 60.8 Å². The number of hydrogen-bond donors (Lipinski definition) is 1. The van der Waals surface area contributed by atoms with E-state index in [9.17, 15) is 9.18 Å². The molecule has 3 aromatic rings. The molecule has 1 atom stereocenters. The number of aromatic nitrogens is 1. The molecule has 1 aliphatic heterocycles. The average molecular weight is 378 g/mol. The summed E-state index contributed by atoms with van der Waals surface area (Å²) in [6.45, 7) is 0.313. The fraction of sp³-hybridized carbons (Fsp3) is 0.182. The lowest BCUT2D eigenvalue weighted by molar-refractivity contribution is 0.0933. The Hall–Kier alpha value is -3.41. The van der Waals surface area contributed by atoms with Gasteiger partial charge >= 0.3 is 0 Å². The van der Waals surface area contributed by atoms with Crippen LogP contribution in [0.25, 0.3) is 11.3 Å². The summed E-state index contributed by atoms with van der Waals surface area (Å²) < 4.78 is 25.3. The highest BCUT2D eigenvalue weighted by molar-refractivity contribution is 5.94. The fourth-order valence-electron chi connectivity index (χ4n) is 3.29. The van der Waals surface area contributed by atoms with Crippen LogP contribution in [0.4, 0.5) is 4.39 Å². The lowest BCUT2D eigenvalue weighted by atomic mass is 10.0. The number of halogens is 1. The molecule has 0 saturated carbocycles. The van der Waals surface area contributed by atoms with Crippen molar-refractivity contribution < 1.29 is 18.7 Å². The molecule has 6 heteroatoms. The second kappa shape index (κ2) is 7.68. The summed E-state index contributed by atoms with van der Waals surface area (Å²) in [5.74, 6) is 0.701. The predicted molar refractivity (Wildman–Crippen MR) is 103 cm³/mol. The third kappa shape index (κ3) is 3.67. The lowest BCUT2D eigenvalue weighted by Crippen LogP contribution is -2.34. The Labute approximate surface area is 162 Å². The zero-order valence-corrected chi connectivity index (χ0v) is 15.3. The van der Waals surface area contributed by atoms with E-state index in [1.54, 1.807) is 43.6 Å². The molecule has 2 aromatic carbocycles. The number of nitrogens with zero attached hydrogens (tertiary/aromatic N) is 1. The Morgan fingerprint density at radius 3 is 2.93 bits per heavy atom. The topological polar surface area (TPSA) is 60.5 Å². The first kappa shape index (κ1) is 18.0. The van der Waals surface area contributed by atoms with E-state index in [-0.39, 0.29) is 17.8 Å². The SMILES string of the molecule is COc1cccc(C(=O)NCC2Cc3cc(F)cc(-c4ccccn4)c3O2)c1. The van der Waals surface area contributed by atoms with Crippen molar-refractivity contribution in [2.75, 3.05) is 13.7 Å². The van der Waals surface area contributed by atoms with Gasteiger partial charge in [0.1, 0.15) is 23.4 Å². The number of carbonyl (C=O) groups is 1. The number of methoxy groups -OCH3 is 1. The van der Waals surface area contributed by atoms with Crippen LogP contribution in [0, 0.1) is 5.82 Å². The minimum atomic E-state index is -0.330. The monoisotopic (exact) mass is 378 g/mol. The van der Waals surface area contributed by atoms with Crippen molar-refractivity contribution in [3.63, 3.8) is 0 Å². The molecule has 1 aliphatic rings. The van der Waals surface area contributed by atoms with E-state index in [0.29, 0.717) is 41.3 Å². The van der Waals surface area contributed by atoms with Crippen molar-refractivity contribution in [1.82, 2.24) is 10.3 Å². The van der Waals surface area contributed by atoms with Crippen LogP contribution in [-0.2, 0) is 6.42 Å². The highest BCUT2D eigenvalue weighted by Crippen LogP contribution is 2.38. The highest BCUT2D eigenvalue weighted by Gasteiger charge is 2.27. The molecule has 1 aromatic heterocycles. The van der Waals surface area contributed by atoms with Gasteiger partial charge in [0.2, 0.25) is 0 Å². The third-order valence-electron chi connectivity index (χ3n) is 4.63. The van der Waals surface area contributed by atoms with Crippen LogP contribution >= 0.6 is 0 Å². The Morgan fingerprint density at radius 2 is 2.14 bits per heavy atom. The molecule has 0 spiro atoms. The van der Waals surface area contributed by atoms with Gasteiger partial charge in [-0.2, -0.15) is 0 Å². The minimum absolute atomic E-state index is 0.213. The number of benzene rings is 2. The van der Waals surface area contributed by atoms with Gasteiger partial charge in [-0.1, -0.05) is 12.1 Å². The van der Waals surface area contributed by atoms with Gasteiger partial charge in [-0.05, 0) is 42.5 Å². The molecule has 1 N–H and O–H groups in total. The molecule has 5 nitrogen and oxygen atoms in total.